The fraction of sp³-hybridized carbons (Fsp3) is 0.357. The Balaban J connectivity index is 2.03. The third-order valence-corrected chi connectivity index (χ3v) is 3.71. The molecule has 1 aliphatic rings. The minimum Gasteiger partial charge on any atom is -0.481 e. The number of rotatable bonds is 2. The minimum absolute atomic E-state index is 0.200. The zero-order valence-electron chi connectivity index (χ0n) is 11.2. The molecule has 1 atom stereocenters. The van der Waals surface area contributed by atoms with Crippen molar-refractivity contribution in [2.75, 3.05) is 18.4 Å². The van der Waals surface area contributed by atoms with Gasteiger partial charge in [0.05, 0.1) is 16.5 Å². The number of nitrogens with one attached hydrogen (secondary N) is 1. The number of amides is 2. The van der Waals surface area contributed by atoms with Gasteiger partial charge in [-0.1, -0.05) is 11.6 Å². The van der Waals surface area contributed by atoms with Crippen LogP contribution >= 0.6 is 11.6 Å². The van der Waals surface area contributed by atoms with Crippen molar-refractivity contribution in [1.29, 1.82) is 5.26 Å². The van der Waals surface area contributed by atoms with E-state index in [1.807, 2.05) is 6.07 Å². The lowest BCUT2D eigenvalue weighted by Gasteiger charge is -2.30. The summed E-state index contributed by atoms with van der Waals surface area (Å²) in [7, 11) is 0. The molecule has 0 aromatic heterocycles. The number of piperidine rings is 1. The van der Waals surface area contributed by atoms with Gasteiger partial charge in [0.25, 0.3) is 0 Å². The molecule has 2 N–H and O–H groups in total. The smallest absolute Gasteiger partial charge is 0.321 e. The Bertz CT molecular complexity index is 612. The zero-order valence-corrected chi connectivity index (χ0v) is 11.9. The van der Waals surface area contributed by atoms with Gasteiger partial charge in [-0.15, -0.1) is 0 Å². The summed E-state index contributed by atoms with van der Waals surface area (Å²) in [5.74, 6) is -1.40. The molecule has 1 saturated heterocycles. The highest BCUT2D eigenvalue weighted by Crippen LogP contribution is 2.22. The van der Waals surface area contributed by atoms with Gasteiger partial charge < -0.3 is 15.3 Å². The number of halogens is 1. The van der Waals surface area contributed by atoms with E-state index >= 15 is 0 Å². The van der Waals surface area contributed by atoms with E-state index in [1.165, 1.54) is 17.0 Å². The summed E-state index contributed by atoms with van der Waals surface area (Å²) < 4.78 is 0. The number of anilines is 1. The van der Waals surface area contributed by atoms with Crippen molar-refractivity contribution < 1.29 is 14.7 Å². The first-order valence-electron chi connectivity index (χ1n) is 6.49. The highest BCUT2D eigenvalue weighted by Gasteiger charge is 2.28. The molecule has 0 radical (unpaired) electrons. The first kappa shape index (κ1) is 15.1. The number of nitriles is 1. The van der Waals surface area contributed by atoms with Crippen molar-refractivity contribution in [2.45, 2.75) is 12.8 Å². The number of hydrogen-bond acceptors (Lipinski definition) is 3. The summed E-state index contributed by atoms with van der Waals surface area (Å²) in [6, 6.07) is 6.18. The number of benzene rings is 1. The minimum atomic E-state index is -0.881. The molecule has 110 valence electrons. The Morgan fingerprint density at radius 2 is 2.24 bits per heavy atom. The first-order valence-corrected chi connectivity index (χ1v) is 6.87. The number of carbonyl (C=O) groups is 2. The van der Waals surface area contributed by atoms with Crippen LogP contribution in [0.15, 0.2) is 18.2 Å². The molecule has 2 rings (SSSR count). The molecular formula is C14H14ClN3O3. The molecule has 6 nitrogen and oxygen atoms in total. The summed E-state index contributed by atoms with van der Waals surface area (Å²) >= 11 is 5.90. The number of carbonyl (C=O) groups excluding carboxylic acids is 1. The molecule has 21 heavy (non-hydrogen) atoms. The van der Waals surface area contributed by atoms with Gasteiger partial charge in [-0.3, -0.25) is 4.79 Å². The van der Waals surface area contributed by atoms with Crippen LogP contribution in [0.5, 0.6) is 0 Å². The fourth-order valence-electron chi connectivity index (χ4n) is 2.25. The van der Waals surface area contributed by atoms with Crippen LogP contribution in [0.1, 0.15) is 18.4 Å². The third kappa shape index (κ3) is 3.64. The maximum absolute atomic E-state index is 12.1. The number of hydrogen-bond donors (Lipinski definition) is 2. The van der Waals surface area contributed by atoms with E-state index in [0.717, 1.165) is 0 Å². The van der Waals surface area contributed by atoms with Crippen LogP contribution in [0.4, 0.5) is 10.5 Å². The van der Waals surface area contributed by atoms with Crippen LogP contribution in [-0.2, 0) is 4.79 Å². The summed E-state index contributed by atoms with van der Waals surface area (Å²) in [4.78, 5) is 24.6. The lowest BCUT2D eigenvalue weighted by molar-refractivity contribution is -0.143. The lowest BCUT2D eigenvalue weighted by Crippen LogP contribution is -2.44. The van der Waals surface area contributed by atoms with Crippen LogP contribution in [-0.4, -0.2) is 35.1 Å². The summed E-state index contributed by atoms with van der Waals surface area (Å²) in [5.41, 5.74) is 0.806. The number of urea groups is 1. The SMILES string of the molecule is N#Cc1ccc(NC(=O)N2CCC[C@H](C(=O)O)C2)cc1Cl. The van der Waals surface area contributed by atoms with E-state index in [0.29, 0.717) is 30.6 Å². The number of nitrogens with zero attached hydrogens (tertiary/aromatic N) is 2. The van der Waals surface area contributed by atoms with Crippen molar-refractivity contribution >= 4 is 29.3 Å². The topological polar surface area (TPSA) is 93.4 Å². The van der Waals surface area contributed by atoms with E-state index in [4.69, 9.17) is 22.0 Å². The molecule has 0 unspecified atom stereocenters. The van der Waals surface area contributed by atoms with E-state index in [2.05, 4.69) is 5.32 Å². The Morgan fingerprint density at radius 3 is 2.86 bits per heavy atom. The number of carboxylic acids is 1. The predicted octanol–water partition coefficient (Wildman–Crippen LogP) is 2.54. The molecule has 1 heterocycles. The Kier molecular flexibility index (Phi) is 4.66. The Labute approximate surface area is 126 Å². The normalized spacial score (nSPS) is 17.9. The van der Waals surface area contributed by atoms with E-state index in [-0.39, 0.29) is 17.6 Å². The van der Waals surface area contributed by atoms with Crippen LogP contribution < -0.4 is 5.32 Å². The number of carboxylic acid groups (broad SMARTS) is 1. The van der Waals surface area contributed by atoms with Crippen molar-refractivity contribution in [3.8, 4) is 6.07 Å². The van der Waals surface area contributed by atoms with E-state index in [9.17, 15) is 9.59 Å². The van der Waals surface area contributed by atoms with E-state index in [1.54, 1.807) is 6.07 Å². The average Bonchev–Trinajstić information content (AvgIpc) is 2.47. The quantitative estimate of drug-likeness (QED) is 0.878. The molecule has 2 amide bonds. The molecular weight excluding hydrogens is 294 g/mol. The van der Waals surface area contributed by atoms with Gasteiger partial charge in [0, 0.05) is 18.8 Å². The van der Waals surface area contributed by atoms with Crippen molar-refractivity contribution in [3.05, 3.63) is 28.8 Å². The van der Waals surface area contributed by atoms with Gasteiger partial charge in [-0.2, -0.15) is 5.26 Å². The molecule has 1 aromatic rings. The van der Waals surface area contributed by atoms with Gasteiger partial charge in [0.1, 0.15) is 6.07 Å². The van der Waals surface area contributed by atoms with Crippen molar-refractivity contribution in [3.63, 3.8) is 0 Å². The van der Waals surface area contributed by atoms with Crippen LogP contribution in [0.2, 0.25) is 5.02 Å². The average molecular weight is 308 g/mol. The van der Waals surface area contributed by atoms with Gasteiger partial charge >= 0.3 is 12.0 Å². The first-order chi connectivity index (χ1) is 10.0. The van der Waals surface area contributed by atoms with Crippen molar-refractivity contribution in [2.24, 2.45) is 5.92 Å². The fourth-order valence-corrected chi connectivity index (χ4v) is 2.47. The lowest BCUT2D eigenvalue weighted by atomic mass is 9.99. The van der Waals surface area contributed by atoms with Crippen LogP contribution in [0.25, 0.3) is 0 Å². The Hall–Kier alpha value is -2.26. The monoisotopic (exact) mass is 307 g/mol. The summed E-state index contributed by atoms with van der Waals surface area (Å²) in [6.45, 7) is 0.727. The maximum Gasteiger partial charge on any atom is 0.321 e. The Morgan fingerprint density at radius 1 is 1.48 bits per heavy atom. The second-order valence-corrected chi connectivity index (χ2v) is 5.27. The highest BCUT2D eigenvalue weighted by molar-refractivity contribution is 6.32. The standard InChI is InChI=1S/C14H14ClN3O3/c15-12-6-11(4-3-9(12)7-16)17-14(21)18-5-1-2-10(8-18)13(19)20/h3-4,6,10H,1-2,5,8H2,(H,17,21)(H,19,20)/t10-/m0/s1. The molecule has 7 heteroatoms. The highest BCUT2D eigenvalue weighted by atomic mass is 35.5. The van der Waals surface area contributed by atoms with Crippen molar-refractivity contribution in [1.82, 2.24) is 4.90 Å². The van der Waals surface area contributed by atoms with Gasteiger partial charge in [-0.25, -0.2) is 4.79 Å². The molecule has 0 saturated carbocycles. The third-order valence-electron chi connectivity index (χ3n) is 3.40. The molecule has 0 spiro atoms. The predicted molar refractivity (Wildman–Crippen MR) is 77.1 cm³/mol. The molecule has 0 bridgehead atoms. The zero-order chi connectivity index (χ0) is 15.4. The van der Waals surface area contributed by atoms with Gasteiger partial charge in [0.2, 0.25) is 0 Å². The molecule has 1 fully saturated rings. The van der Waals surface area contributed by atoms with Gasteiger partial charge in [0.15, 0.2) is 0 Å². The number of likely N-dealkylation sites (tertiary alicyclic amines) is 1. The largest absolute Gasteiger partial charge is 0.481 e. The van der Waals surface area contributed by atoms with Gasteiger partial charge in [-0.05, 0) is 31.0 Å². The summed E-state index contributed by atoms with van der Waals surface area (Å²) in [6.07, 6.45) is 1.25. The maximum atomic E-state index is 12.1. The van der Waals surface area contributed by atoms with Crippen LogP contribution in [0.3, 0.4) is 0 Å². The second-order valence-electron chi connectivity index (χ2n) is 4.86. The molecule has 0 aliphatic carbocycles. The molecule has 1 aromatic carbocycles. The van der Waals surface area contributed by atoms with Crippen LogP contribution in [0, 0.1) is 17.2 Å². The number of aliphatic carboxylic acids is 1. The second kappa shape index (κ2) is 6.46. The molecule has 1 aliphatic heterocycles. The summed E-state index contributed by atoms with van der Waals surface area (Å²) in [5, 5.41) is 20.7. The van der Waals surface area contributed by atoms with E-state index < -0.39 is 11.9 Å².